The fourth-order valence-corrected chi connectivity index (χ4v) is 0.988. The number of ether oxygens (including phenoxy) is 2. The molecule has 1 rings (SSSR count). The number of esters is 1. The lowest BCUT2D eigenvalue weighted by molar-refractivity contribution is -0.134. The van der Waals surface area contributed by atoms with Crippen LogP contribution in [-0.2, 0) is 20.9 Å². The van der Waals surface area contributed by atoms with Gasteiger partial charge in [-0.1, -0.05) is 19.1 Å². The minimum absolute atomic E-state index is 0.228. The van der Waals surface area contributed by atoms with Gasteiger partial charge in [0.25, 0.3) is 6.47 Å². The minimum atomic E-state index is -0.271. The summed E-state index contributed by atoms with van der Waals surface area (Å²) in [6.45, 7) is 2.35. The van der Waals surface area contributed by atoms with Gasteiger partial charge in [0.05, 0.1) is 0 Å². The minimum Gasteiger partial charge on any atom is -0.463 e. The Hall–Kier alpha value is -1.84. The molecule has 0 atom stereocenters. The molecule has 4 nitrogen and oxygen atoms in total. The van der Waals surface area contributed by atoms with Crippen LogP contribution in [0.2, 0.25) is 0 Å². The molecule has 0 N–H and O–H groups in total. The zero-order valence-electron chi connectivity index (χ0n) is 8.43. The number of hydrogen-bond acceptors (Lipinski definition) is 4. The summed E-state index contributed by atoms with van der Waals surface area (Å²) >= 11 is 0. The first kappa shape index (κ1) is 11.2. The smallest absolute Gasteiger partial charge is 0.310 e. The van der Waals surface area contributed by atoms with Crippen molar-refractivity contribution in [2.45, 2.75) is 20.0 Å². The van der Waals surface area contributed by atoms with E-state index in [0.717, 1.165) is 5.56 Å². The van der Waals surface area contributed by atoms with E-state index in [1.165, 1.54) is 0 Å². The second-order valence-electron chi connectivity index (χ2n) is 2.88. The van der Waals surface area contributed by atoms with Crippen molar-refractivity contribution in [3.63, 3.8) is 0 Å². The Morgan fingerprint density at radius 3 is 2.53 bits per heavy atom. The van der Waals surface area contributed by atoms with Gasteiger partial charge in [-0.15, -0.1) is 0 Å². The molecule has 15 heavy (non-hydrogen) atoms. The largest absolute Gasteiger partial charge is 0.463 e. The number of carbonyl (C=O) groups is 2. The van der Waals surface area contributed by atoms with Crippen LogP contribution in [0.1, 0.15) is 18.9 Å². The molecule has 0 saturated carbocycles. The molecular weight excluding hydrogens is 196 g/mol. The summed E-state index contributed by atoms with van der Waals surface area (Å²) in [6, 6.07) is 6.80. The lowest BCUT2D eigenvalue weighted by Crippen LogP contribution is -2.05. The summed E-state index contributed by atoms with van der Waals surface area (Å²) < 4.78 is 9.55. The van der Waals surface area contributed by atoms with Crippen LogP contribution in [0.3, 0.4) is 0 Å². The van der Waals surface area contributed by atoms with Gasteiger partial charge in [0.1, 0.15) is 12.4 Å². The highest BCUT2D eigenvalue weighted by molar-refractivity contribution is 5.71. The molecule has 0 bridgehead atoms. The van der Waals surface area contributed by atoms with Crippen molar-refractivity contribution in [3.05, 3.63) is 29.8 Å². The maximum Gasteiger partial charge on any atom is 0.310 e. The van der Waals surface area contributed by atoms with Crippen molar-refractivity contribution >= 4 is 12.4 Å². The Balaban J connectivity index is 2.55. The molecule has 80 valence electrons. The zero-order chi connectivity index (χ0) is 11.1. The third-order valence-electron chi connectivity index (χ3n) is 1.76. The normalized spacial score (nSPS) is 9.40. The van der Waals surface area contributed by atoms with E-state index < -0.39 is 0 Å². The second-order valence-corrected chi connectivity index (χ2v) is 2.88. The Morgan fingerprint density at radius 1 is 1.33 bits per heavy atom. The topological polar surface area (TPSA) is 52.6 Å². The van der Waals surface area contributed by atoms with Crippen molar-refractivity contribution in [2.24, 2.45) is 0 Å². The first-order valence-electron chi connectivity index (χ1n) is 4.61. The summed E-state index contributed by atoms with van der Waals surface area (Å²) in [5, 5.41) is 0. The Kier molecular flexibility index (Phi) is 4.34. The molecular formula is C11H12O4. The van der Waals surface area contributed by atoms with Crippen molar-refractivity contribution < 1.29 is 19.1 Å². The molecule has 0 aliphatic rings. The van der Waals surface area contributed by atoms with Gasteiger partial charge in [-0.3, -0.25) is 9.59 Å². The van der Waals surface area contributed by atoms with Gasteiger partial charge in [-0.05, 0) is 17.7 Å². The molecule has 0 amide bonds. The molecule has 0 aliphatic heterocycles. The van der Waals surface area contributed by atoms with E-state index in [2.05, 4.69) is 4.74 Å². The van der Waals surface area contributed by atoms with Gasteiger partial charge in [-0.25, -0.2) is 0 Å². The van der Waals surface area contributed by atoms with Crippen molar-refractivity contribution in [2.75, 3.05) is 0 Å². The van der Waals surface area contributed by atoms with E-state index in [1.54, 1.807) is 31.2 Å². The van der Waals surface area contributed by atoms with Crippen molar-refractivity contribution in [3.8, 4) is 5.75 Å². The number of benzene rings is 1. The van der Waals surface area contributed by atoms with Crippen LogP contribution in [0, 0.1) is 0 Å². The molecule has 0 aliphatic carbocycles. The van der Waals surface area contributed by atoms with Crippen LogP contribution in [0.15, 0.2) is 24.3 Å². The van der Waals surface area contributed by atoms with E-state index >= 15 is 0 Å². The quantitative estimate of drug-likeness (QED) is 0.419. The van der Waals surface area contributed by atoms with Crippen molar-refractivity contribution in [1.29, 1.82) is 0 Å². The van der Waals surface area contributed by atoms with E-state index in [1.807, 2.05) is 0 Å². The summed E-state index contributed by atoms with van der Waals surface area (Å²) in [5.41, 5.74) is 0.846. The molecule has 0 heterocycles. The average Bonchev–Trinajstić information content (AvgIpc) is 2.28. The predicted molar refractivity (Wildman–Crippen MR) is 53.2 cm³/mol. The van der Waals surface area contributed by atoms with Crippen molar-refractivity contribution in [1.82, 2.24) is 0 Å². The third kappa shape index (κ3) is 3.81. The lowest BCUT2D eigenvalue weighted by atomic mass is 10.2. The standard InChI is InChI=1S/C11H12O4/c1-2-11(13)15-10-5-3-9(4-6-10)7-14-8-12/h3-6,8H,2,7H2,1H3. The molecule has 1 aromatic carbocycles. The van der Waals surface area contributed by atoms with E-state index in [0.29, 0.717) is 18.6 Å². The predicted octanol–water partition coefficient (Wildman–Crippen LogP) is 1.67. The maximum absolute atomic E-state index is 10.9. The first-order chi connectivity index (χ1) is 7.26. The molecule has 4 heteroatoms. The highest BCUT2D eigenvalue weighted by Gasteiger charge is 2.01. The van der Waals surface area contributed by atoms with Gasteiger partial charge in [0.15, 0.2) is 0 Å². The van der Waals surface area contributed by atoms with Gasteiger partial charge in [0.2, 0.25) is 0 Å². The van der Waals surface area contributed by atoms with Crippen LogP contribution >= 0.6 is 0 Å². The number of carbonyl (C=O) groups excluding carboxylic acids is 2. The highest BCUT2D eigenvalue weighted by Crippen LogP contribution is 2.13. The van der Waals surface area contributed by atoms with Crippen LogP contribution in [0.4, 0.5) is 0 Å². The van der Waals surface area contributed by atoms with Gasteiger partial charge in [0, 0.05) is 6.42 Å². The van der Waals surface area contributed by atoms with E-state index in [9.17, 15) is 9.59 Å². The fraction of sp³-hybridized carbons (Fsp3) is 0.273. The molecule has 0 fully saturated rings. The fourth-order valence-electron chi connectivity index (χ4n) is 0.988. The molecule has 0 spiro atoms. The summed E-state index contributed by atoms with van der Waals surface area (Å²) in [7, 11) is 0. The summed E-state index contributed by atoms with van der Waals surface area (Å²) in [4.78, 5) is 20.9. The van der Waals surface area contributed by atoms with Gasteiger partial charge < -0.3 is 9.47 Å². The zero-order valence-corrected chi connectivity index (χ0v) is 8.43. The van der Waals surface area contributed by atoms with Gasteiger partial charge >= 0.3 is 5.97 Å². The first-order valence-corrected chi connectivity index (χ1v) is 4.61. The van der Waals surface area contributed by atoms with E-state index in [4.69, 9.17) is 4.74 Å². The monoisotopic (exact) mass is 208 g/mol. The summed E-state index contributed by atoms with van der Waals surface area (Å²) in [5.74, 6) is 0.226. The molecule has 1 aromatic rings. The number of hydrogen-bond donors (Lipinski definition) is 0. The molecule has 0 aromatic heterocycles. The lowest BCUT2D eigenvalue weighted by Gasteiger charge is -2.03. The van der Waals surface area contributed by atoms with Crippen LogP contribution in [0.5, 0.6) is 5.75 Å². The number of rotatable bonds is 5. The Bertz CT molecular complexity index is 329. The average molecular weight is 208 g/mol. The van der Waals surface area contributed by atoms with Crippen LogP contribution in [0.25, 0.3) is 0 Å². The maximum atomic E-state index is 10.9. The second kappa shape index (κ2) is 5.80. The SMILES string of the molecule is CCC(=O)Oc1ccc(COC=O)cc1. The van der Waals surface area contributed by atoms with Crippen LogP contribution < -0.4 is 4.74 Å². The molecule has 0 radical (unpaired) electrons. The van der Waals surface area contributed by atoms with Crippen LogP contribution in [-0.4, -0.2) is 12.4 Å². The van der Waals surface area contributed by atoms with E-state index in [-0.39, 0.29) is 12.6 Å². The Labute approximate surface area is 87.8 Å². The highest BCUT2D eigenvalue weighted by atomic mass is 16.5. The van der Waals surface area contributed by atoms with Gasteiger partial charge in [-0.2, -0.15) is 0 Å². The molecule has 0 unspecified atom stereocenters. The third-order valence-corrected chi connectivity index (χ3v) is 1.76. The Morgan fingerprint density at radius 2 is 2.00 bits per heavy atom. The molecule has 0 saturated heterocycles. The summed E-state index contributed by atoms with van der Waals surface area (Å²) in [6.07, 6.45) is 0.343.